The maximum atomic E-state index is 12.5. The van der Waals surface area contributed by atoms with E-state index in [4.69, 9.17) is 19.1 Å². The average Bonchev–Trinajstić information content (AvgIpc) is 3.12. The first kappa shape index (κ1) is 48.7. The monoisotopic (exact) mass is 740 g/mol. The highest BCUT2D eigenvalue weighted by molar-refractivity contribution is 7.47. The number of carbonyl (C=O) groups is 2. The fourth-order valence-electron chi connectivity index (χ4n) is 4.68. The van der Waals surface area contributed by atoms with Crippen LogP contribution in [-0.2, 0) is 32.7 Å². The molecule has 51 heavy (non-hydrogen) atoms. The van der Waals surface area contributed by atoms with Crippen molar-refractivity contribution in [2.75, 3.05) is 26.4 Å². The van der Waals surface area contributed by atoms with Crippen LogP contribution >= 0.6 is 7.82 Å². The van der Waals surface area contributed by atoms with Crippen molar-refractivity contribution in [3.63, 3.8) is 0 Å². The van der Waals surface area contributed by atoms with Gasteiger partial charge in [0.2, 0.25) is 0 Å². The number of phosphoric acid groups is 1. The Hall–Kier alpha value is -2.33. The number of esters is 2. The molecule has 0 aromatic rings. The zero-order valence-electron chi connectivity index (χ0n) is 31.5. The van der Waals surface area contributed by atoms with Crippen LogP contribution in [0.1, 0.15) is 142 Å². The van der Waals surface area contributed by atoms with E-state index in [1.165, 1.54) is 57.8 Å². The summed E-state index contributed by atoms with van der Waals surface area (Å²) in [7, 11) is -4.62. The maximum Gasteiger partial charge on any atom is 0.472 e. The molecule has 11 heteroatoms. The fourth-order valence-corrected chi connectivity index (χ4v) is 5.47. The molecule has 3 atom stereocenters. The molecular formula is C40H69O10P. The predicted molar refractivity (Wildman–Crippen MR) is 205 cm³/mol. The van der Waals surface area contributed by atoms with Crippen molar-refractivity contribution < 1.29 is 47.8 Å². The minimum Gasteiger partial charge on any atom is -0.462 e. The second kappa shape index (κ2) is 36.0. The molecule has 0 aromatic heterocycles. The first-order valence-corrected chi connectivity index (χ1v) is 20.7. The molecule has 0 aliphatic rings. The number of phosphoric ester groups is 1. The molecular weight excluding hydrogens is 671 g/mol. The van der Waals surface area contributed by atoms with Gasteiger partial charge in [-0.05, 0) is 51.4 Å². The van der Waals surface area contributed by atoms with Gasteiger partial charge in [-0.1, -0.05) is 139 Å². The summed E-state index contributed by atoms with van der Waals surface area (Å²) in [6.07, 6.45) is 37.9. The van der Waals surface area contributed by atoms with Crippen LogP contribution in [-0.4, -0.2) is 65.7 Å². The van der Waals surface area contributed by atoms with Crippen LogP contribution in [0.5, 0.6) is 0 Å². The number of unbranched alkanes of at least 4 members (excludes halogenated alkanes) is 11. The maximum absolute atomic E-state index is 12.5. The third-order valence-corrected chi connectivity index (χ3v) is 8.64. The molecule has 0 rings (SSSR count). The van der Waals surface area contributed by atoms with Gasteiger partial charge in [-0.25, -0.2) is 4.57 Å². The summed E-state index contributed by atoms with van der Waals surface area (Å²) in [6, 6.07) is 0. The highest BCUT2D eigenvalue weighted by Crippen LogP contribution is 2.43. The summed E-state index contributed by atoms with van der Waals surface area (Å²) in [6.45, 7) is 2.21. The molecule has 0 saturated carbocycles. The molecule has 0 saturated heterocycles. The minimum atomic E-state index is -4.62. The Kier molecular flexibility index (Phi) is 34.4. The van der Waals surface area contributed by atoms with Gasteiger partial charge in [0.05, 0.1) is 19.8 Å². The molecule has 0 aliphatic carbocycles. The lowest BCUT2D eigenvalue weighted by molar-refractivity contribution is -0.161. The van der Waals surface area contributed by atoms with Gasteiger partial charge < -0.3 is 24.6 Å². The number of hydrogen-bond acceptors (Lipinski definition) is 9. The van der Waals surface area contributed by atoms with Crippen LogP contribution in [0.2, 0.25) is 0 Å². The van der Waals surface area contributed by atoms with Crippen LogP contribution in [0.15, 0.2) is 60.8 Å². The number of aliphatic hydroxyl groups is 2. The summed E-state index contributed by atoms with van der Waals surface area (Å²) in [5.74, 6) is -1.03. The van der Waals surface area contributed by atoms with Crippen molar-refractivity contribution in [3.8, 4) is 0 Å². The van der Waals surface area contributed by atoms with Gasteiger partial charge in [0.25, 0.3) is 0 Å². The van der Waals surface area contributed by atoms with Gasteiger partial charge in [0.15, 0.2) is 6.10 Å². The number of hydrogen-bond donors (Lipinski definition) is 3. The largest absolute Gasteiger partial charge is 0.472 e. The van der Waals surface area contributed by atoms with Gasteiger partial charge in [-0.2, -0.15) is 0 Å². The summed E-state index contributed by atoms with van der Waals surface area (Å²) in [5.41, 5.74) is 0. The highest BCUT2D eigenvalue weighted by atomic mass is 31.2. The van der Waals surface area contributed by atoms with Crippen molar-refractivity contribution >= 4 is 19.8 Å². The molecule has 0 amide bonds. The van der Waals surface area contributed by atoms with E-state index in [2.05, 4.69) is 67.0 Å². The normalized spacial score (nSPS) is 14.7. The van der Waals surface area contributed by atoms with Crippen molar-refractivity contribution in [1.29, 1.82) is 0 Å². The van der Waals surface area contributed by atoms with Crippen molar-refractivity contribution in [2.24, 2.45) is 0 Å². The average molecular weight is 741 g/mol. The Morgan fingerprint density at radius 2 is 1.06 bits per heavy atom. The van der Waals surface area contributed by atoms with Crippen molar-refractivity contribution in [2.45, 2.75) is 154 Å². The minimum absolute atomic E-state index is 0.117. The quantitative estimate of drug-likeness (QED) is 0.0248. The van der Waals surface area contributed by atoms with E-state index in [9.17, 15) is 24.2 Å². The lowest BCUT2D eigenvalue weighted by Gasteiger charge is -2.20. The van der Waals surface area contributed by atoms with E-state index < -0.39 is 51.8 Å². The predicted octanol–water partition coefficient (Wildman–Crippen LogP) is 9.55. The molecule has 294 valence electrons. The van der Waals surface area contributed by atoms with E-state index in [1.807, 2.05) is 12.2 Å². The summed E-state index contributed by atoms with van der Waals surface area (Å²) < 4.78 is 32.4. The standard InChI is InChI=1S/C40H69O10P/c1-3-5-7-9-11-13-14-15-16-17-18-19-20-21-22-24-25-27-29-31-39(43)47-35-38(36-49-51(45,46)48-34-37(42)33-41)50-40(44)32-30-28-26-23-12-10-8-6-4-2/h11,13,15-16,18-19,21-22,25,27,37-38,41-42H,3-10,12,14,17,20,23-24,26,28-36H2,1-2H3,(H,45,46)/b13-11+,16-15+,19-18+,22-21+,27-25+/t37-,38+/m1/s1. The van der Waals surface area contributed by atoms with Crippen LogP contribution in [0.25, 0.3) is 0 Å². The molecule has 1 unspecified atom stereocenters. The van der Waals surface area contributed by atoms with Gasteiger partial charge in [0.1, 0.15) is 12.7 Å². The molecule has 3 N–H and O–H groups in total. The van der Waals surface area contributed by atoms with Crippen LogP contribution in [0, 0.1) is 0 Å². The lowest BCUT2D eigenvalue weighted by Crippen LogP contribution is -2.29. The Morgan fingerprint density at radius 3 is 1.61 bits per heavy atom. The molecule has 0 radical (unpaired) electrons. The number of ether oxygens (including phenoxy) is 2. The Labute approximate surface area is 308 Å². The van der Waals surface area contributed by atoms with E-state index in [1.54, 1.807) is 0 Å². The molecule has 0 aliphatic heterocycles. The van der Waals surface area contributed by atoms with Crippen molar-refractivity contribution in [3.05, 3.63) is 60.8 Å². The molecule has 0 bridgehead atoms. The molecule has 0 heterocycles. The molecule has 0 aromatic carbocycles. The number of allylic oxidation sites excluding steroid dienone is 10. The Morgan fingerprint density at radius 1 is 0.588 bits per heavy atom. The second-order valence-corrected chi connectivity index (χ2v) is 14.1. The highest BCUT2D eigenvalue weighted by Gasteiger charge is 2.27. The van der Waals surface area contributed by atoms with E-state index in [0.29, 0.717) is 12.8 Å². The first-order valence-electron chi connectivity index (χ1n) is 19.2. The number of rotatable bonds is 35. The van der Waals surface area contributed by atoms with Gasteiger partial charge in [-0.3, -0.25) is 18.6 Å². The van der Waals surface area contributed by atoms with Crippen LogP contribution in [0.4, 0.5) is 0 Å². The van der Waals surface area contributed by atoms with Gasteiger partial charge in [-0.15, -0.1) is 0 Å². The topological polar surface area (TPSA) is 149 Å². The summed E-state index contributed by atoms with van der Waals surface area (Å²) in [5, 5.41) is 18.2. The third-order valence-electron chi connectivity index (χ3n) is 7.69. The molecule has 0 spiro atoms. The third kappa shape index (κ3) is 35.8. The summed E-state index contributed by atoms with van der Waals surface area (Å²) >= 11 is 0. The van der Waals surface area contributed by atoms with Gasteiger partial charge >= 0.3 is 19.8 Å². The lowest BCUT2D eigenvalue weighted by atomic mass is 10.1. The van der Waals surface area contributed by atoms with Crippen LogP contribution < -0.4 is 0 Å². The Balaban J connectivity index is 4.45. The Bertz CT molecular complexity index is 1040. The zero-order chi connectivity index (χ0) is 37.7. The van der Waals surface area contributed by atoms with E-state index in [-0.39, 0.29) is 19.4 Å². The number of carbonyl (C=O) groups excluding carboxylic acids is 2. The van der Waals surface area contributed by atoms with E-state index in [0.717, 1.165) is 44.9 Å². The SMILES string of the molecule is CCCCC/C=C/C/C=C/C/C=C/C/C=C/C/C=C/CCC(=O)OC[C@@H](COP(=O)(O)OC[C@H](O)CO)OC(=O)CCCCCCCCCCC. The molecule has 0 fully saturated rings. The zero-order valence-corrected chi connectivity index (χ0v) is 32.4. The second-order valence-electron chi connectivity index (χ2n) is 12.6. The van der Waals surface area contributed by atoms with E-state index >= 15 is 0 Å². The van der Waals surface area contributed by atoms with Gasteiger partial charge in [0, 0.05) is 12.8 Å². The molecule has 10 nitrogen and oxygen atoms in total. The number of aliphatic hydroxyl groups excluding tert-OH is 2. The summed E-state index contributed by atoms with van der Waals surface area (Å²) in [4.78, 5) is 34.7. The first-order chi connectivity index (χ1) is 24.7. The smallest absolute Gasteiger partial charge is 0.462 e. The fraction of sp³-hybridized carbons (Fsp3) is 0.700. The van der Waals surface area contributed by atoms with Crippen molar-refractivity contribution in [1.82, 2.24) is 0 Å². The van der Waals surface area contributed by atoms with Crippen LogP contribution in [0.3, 0.4) is 0 Å².